The lowest BCUT2D eigenvalue weighted by Crippen LogP contribution is -2.45. The van der Waals surface area contributed by atoms with Gasteiger partial charge in [-0.05, 0) is 18.4 Å². The van der Waals surface area contributed by atoms with E-state index >= 15 is 0 Å². The molecule has 98 valence electrons. The molecule has 1 aliphatic carbocycles. The third-order valence-corrected chi connectivity index (χ3v) is 3.69. The molecule has 3 heteroatoms. The molecule has 18 heavy (non-hydrogen) atoms. The van der Waals surface area contributed by atoms with Crippen molar-refractivity contribution in [2.24, 2.45) is 5.73 Å². The average Bonchev–Trinajstić information content (AvgIpc) is 2.38. The maximum absolute atomic E-state index is 11.9. The predicted molar refractivity (Wildman–Crippen MR) is 72.9 cm³/mol. The molecule has 0 unspecified atom stereocenters. The molecule has 1 saturated carbocycles. The fourth-order valence-corrected chi connectivity index (χ4v) is 2.61. The average molecular weight is 246 g/mol. The van der Waals surface area contributed by atoms with Gasteiger partial charge in [0, 0.05) is 18.5 Å². The van der Waals surface area contributed by atoms with Crippen LogP contribution in [0.1, 0.15) is 44.1 Å². The smallest absolute Gasteiger partial charge is 0.222 e. The van der Waals surface area contributed by atoms with Crippen LogP contribution in [0.2, 0.25) is 0 Å². The minimum absolute atomic E-state index is 0.0725. The van der Waals surface area contributed by atoms with Crippen LogP contribution in [-0.4, -0.2) is 11.4 Å². The third kappa shape index (κ3) is 3.84. The molecular formula is C15H22N2O. The monoisotopic (exact) mass is 246 g/mol. The highest BCUT2D eigenvalue weighted by atomic mass is 16.1. The normalized spacial score (nSPS) is 18.3. The molecule has 1 aromatic carbocycles. The van der Waals surface area contributed by atoms with Crippen LogP contribution in [0.15, 0.2) is 30.3 Å². The van der Waals surface area contributed by atoms with Gasteiger partial charge >= 0.3 is 0 Å². The second kappa shape index (κ2) is 6.01. The fourth-order valence-electron chi connectivity index (χ4n) is 2.61. The molecule has 1 amide bonds. The van der Waals surface area contributed by atoms with Crippen LogP contribution in [0.25, 0.3) is 0 Å². The third-order valence-electron chi connectivity index (χ3n) is 3.69. The van der Waals surface area contributed by atoms with Crippen molar-refractivity contribution in [3.05, 3.63) is 35.9 Å². The number of carbonyl (C=O) groups excluding carboxylic acids is 1. The maximum Gasteiger partial charge on any atom is 0.222 e. The van der Waals surface area contributed by atoms with Gasteiger partial charge in [-0.1, -0.05) is 49.6 Å². The Labute approximate surface area is 109 Å². The fraction of sp³-hybridized carbons (Fsp3) is 0.533. The molecule has 0 atom stereocenters. The van der Waals surface area contributed by atoms with E-state index in [9.17, 15) is 4.79 Å². The minimum Gasteiger partial charge on any atom is -0.352 e. The molecule has 0 radical (unpaired) electrons. The zero-order valence-corrected chi connectivity index (χ0v) is 10.8. The standard InChI is InChI=1S/C15H22N2O/c16-15(9-5-2-6-10-15)11-14(18)17-12-13-7-3-1-4-8-13/h1,3-4,7-8H,2,5-6,9-12,16H2,(H,17,18). The molecule has 0 aliphatic heterocycles. The lowest BCUT2D eigenvalue weighted by molar-refractivity contribution is -0.122. The van der Waals surface area contributed by atoms with E-state index in [0.29, 0.717) is 13.0 Å². The molecule has 0 spiro atoms. The first kappa shape index (κ1) is 13.1. The number of nitrogens with two attached hydrogens (primary N) is 1. The number of hydrogen-bond donors (Lipinski definition) is 2. The Balaban J connectivity index is 1.78. The molecule has 3 nitrogen and oxygen atoms in total. The molecular weight excluding hydrogens is 224 g/mol. The van der Waals surface area contributed by atoms with Gasteiger partial charge in [0.2, 0.25) is 5.91 Å². The number of hydrogen-bond acceptors (Lipinski definition) is 2. The van der Waals surface area contributed by atoms with E-state index in [-0.39, 0.29) is 11.4 Å². The Hall–Kier alpha value is -1.35. The highest BCUT2D eigenvalue weighted by Gasteiger charge is 2.29. The number of nitrogens with one attached hydrogen (secondary N) is 1. The van der Waals surface area contributed by atoms with Gasteiger partial charge in [0.25, 0.3) is 0 Å². The highest BCUT2D eigenvalue weighted by molar-refractivity contribution is 5.77. The Kier molecular flexibility index (Phi) is 4.37. The van der Waals surface area contributed by atoms with Gasteiger partial charge in [-0.2, -0.15) is 0 Å². The van der Waals surface area contributed by atoms with Crippen LogP contribution < -0.4 is 11.1 Å². The molecule has 1 aliphatic rings. The summed E-state index contributed by atoms with van der Waals surface area (Å²) in [6, 6.07) is 9.96. The number of benzene rings is 1. The Morgan fingerprint density at radius 3 is 2.50 bits per heavy atom. The van der Waals surface area contributed by atoms with E-state index in [1.165, 1.54) is 6.42 Å². The molecule has 0 heterocycles. The van der Waals surface area contributed by atoms with E-state index in [2.05, 4.69) is 5.32 Å². The van der Waals surface area contributed by atoms with Gasteiger partial charge in [0.05, 0.1) is 0 Å². The zero-order valence-electron chi connectivity index (χ0n) is 10.8. The van der Waals surface area contributed by atoms with E-state index in [1.54, 1.807) is 0 Å². The van der Waals surface area contributed by atoms with Gasteiger partial charge in [0.1, 0.15) is 0 Å². The summed E-state index contributed by atoms with van der Waals surface area (Å²) in [4.78, 5) is 11.9. The van der Waals surface area contributed by atoms with Gasteiger partial charge in [-0.3, -0.25) is 4.79 Å². The summed E-state index contributed by atoms with van der Waals surface area (Å²) in [6.45, 7) is 0.593. The number of rotatable bonds is 4. The first-order valence-corrected chi connectivity index (χ1v) is 6.77. The molecule has 0 bridgehead atoms. The summed E-state index contributed by atoms with van der Waals surface area (Å²) in [5.41, 5.74) is 7.13. The minimum atomic E-state index is -0.265. The van der Waals surface area contributed by atoms with E-state index < -0.39 is 0 Å². The van der Waals surface area contributed by atoms with Crippen molar-refractivity contribution in [2.45, 2.75) is 50.6 Å². The van der Waals surface area contributed by atoms with Crippen LogP contribution in [-0.2, 0) is 11.3 Å². The zero-order chi connectivity index (χ0) is 12.8. The van der Waals surface area contributed by atoms with Crippen molar-refractivity contribution in [2.75, 3.05) is 0 Å². The van der Waals surface area contributed by atoms with E-state index in [0.717, 1.165) is 31.2 Å². The highest BCUT2D eigenvalue weighted by Crippen LogP contribution is 2.28. The van der Waals surface area contributed by atoms with Crippen molar-refractivity contribution < 1.29 is 4.79 Å². The van der Waals surface area contributed by atoms with Crippen molar-refractivity contribution in [3.63, 3.8) is 0 Å². The molecule has 1 aromatic rings. The Morgan fingerprint density at radius 1 is 1.17 bits per heavy atom. The van der Waals surface area contributed by atoms with Gasteiger partial charge in [0.15, 0.2) is 0 Å². The van der Waals surface area contributed by atoms with Crippen molar-refractivity contribution >= 4 is 5.91 Å². The van der Waals surface area contributed by atoms with E-state index in [4.69, 9.17) is 5.73 Å². The van der Waals surface area contributed by atoms with Crippen LogP contribution in [0.5, 0.6) is 0 Å². The first-order chi connectivity index (χ1) is 8.68. The number of carbonyl (C=O) groups is 1. The first-order valence-electron chi connectivity index (χ1n) is 6.77. The molecule has 3 N–H and O–H groups in total. The van der Waals surface area contributed by atoms with Crippen LogP contribution in [0.4, 0.5) is 0 Å². The van der Waals surface area contributed by atoms with Gasteiger partial charge < -0.3 is 11.1 Å². The second-order valence-corrected chi connectivity index (χ2v) is 5.36. The van der Waals surface area contributed by atoms with Crippen molar-refractivity contribution in [1.29, 1.82) is 0 Å². The molecule has 2 rings (SSSR count). The topological polar surface area (TPSA) is 55.1 Å². The lowest BCUT2D eigenvalue weighted by atomic mass is 9.80. The predicted octanol–water partition coefficient (Wildman–Crippen LogP) is 2.35. The van der Waals surface area contributed by atoms with Crippen LogP contribution >= 0.6 is 0 Å². The summed E-state index contributed by atoms with van der Waals surface area (Å²) >= 11 is 0. The molecule has 0 saturated heterocycles. The largest absolute Gasteiger partial charge is 0.352 e. The molecule has 1 fully saturated rings. The van der Waals surface area contributed by atoms with Crippen LogP contribution in [0.3, 0.4) is 0 Å². The maximum atomic E-state index is 11.9. The van der Waals surface area contributed by atoms with Crippen molar-refractivity contribution in [1.82, 2.24) is 5.32 Å². The summed E-state index contributed by atoms with van der Waals surface area (Å²) in [5.74, 6) is 0.0725. The molecule has 0 aromatic heterocycles. The summed E-state index contributed by atoms with van der Waals surface area (Å²) in [5, 5.41) is 2.95. The second-order valence-electron chi connectivity index (χ2n) is 5.36. The summed E-state index contributed by atoms with van der Waals surface area (Å²) in [7, 11) is 0. The van der Waals surface area contributed by atoms with Crippen molar-refractivity contribution in [3.8, 4) is 0 Å². The van der Waals surface area contributed by atoms with Crippen LogP contribution in [0, 0.1) is 0 Å². The summed E-state index contributed by atoms with van der Waals surface area (Å²) in [6.07, 6.45) is 5.98. The Morgan fingerprint density at radius 2 is 1.83 bits per heavy atom. The quantitative estimate of drug-likeness (QED) is 0.857. The van der Waals surface area contributed by atoms with E-state index in [1.807, 2.05) is 30.3 Å². The Bertz CT molecular complexity index is 383. The number of amides is 1. The summed E-state index contributed by atoms with van der Waals surface area (Å²) < 4.78 is 0. The lowest BCUT2D eigenvalue weighted by Gasteiger charge is -2.32. The SMILES string of the molecule is NC1(CC(=O)NCc2ccccc2)CCCCC1. The van der Waals surface area contributed by atoms with Gasteiger partial charge in [-0.15, -0.1) is 0 Å². The van der Waals surface area contributed by atoms with Gasteiger partial charge in [-0.25, -0.2) is 0 Å².